The molecule has 1 aromatic rings. The molecule has 0 amide bonds. The van der Waals surface area contributed by atoms with Gasteiger partial charge in [-0.1, -0.05) is 13.8 Å². The number of hydrogen-bond acceptors (Lipinski definition) is 4. The highest BCUT2D eigenvalue weighted by Crippen LogP contribution is 2.44. The summed E-state index contributed by atoms with van der Waals surface area (Å²) < 4.78 is 16.2. The summed E-state index contributed by atoms with van der Waals surface area (Å²) in [5, 5.41) is 0. The Labute approximate surface area is 103 Å². The smallest absolute Gasteiger partial charge is 0.168 e. The minimum atomic E-state index is 0.278. The van der Waals surface area contributed by atoms with Gasteiger partial charge in [-0.2, -0.15) is 0 Å². The van der Waals surface area contributed by atoms with Crippen molar-refractivity contribution in [1.82, 2.24) is 0 Å². The lowest BCUT2D eigenvalue weighted by Crippen LogP contribution is -2.06. The molecule has 0 saturated carbocycles. The van der Waals surface area contributed by atoms with Crippen LogP contribution in [0.15, 0.2) is 6.07 Å². The standard InChI is InChI=1S/C13H21NO3/c1-8(2)11-10(15-3)6-9(7-14)12(16-4)13(11)17-5/h6,8H,7,14H2,1-5H3. The molecular weight excluding hydrogens is 218 g/mol. The van der Waals surface area contributed by atoms with Crippen LogP contribution in [-0.2, 0) is 6.54 Å². The Hall–Kier alpha value is -1.42. The van der Waals surface area contributed by atoms with Gasteiger partial charge in [-0.3, -0.25) is 0 Å². The van der Waals surface area contributed by atoms with Crippen LogP contribution >= 0.6 is 0 Å². The van der Waals surface area contributed by atoms with E-state index in [0.29, 0.717) is 18.0 Å². The Morgan fingerprint density at radius 1 is 1.06 bits per heavy atom. The Morgan fingerprint density at radius 3 is 2.00 bits per heavy atom. The van der Waals surface area contributed by atoms with Crippen LogP contribution in [0.3, 0.4) is 0 Å². The van der Waals surface area contributed by atoms with Gasteiger partial charge in [-0.25, -0.2) is 0 Å². The zero-order valence-corrected chi connectivity index (χ0v) is 11.2. The van der Waals surface area contributed by atoms with Crippen molar-refractivity contribution in [1.29, 1.82) is 0 Å². The first kappa shape index (κ1) is 13.6. The van der Waals surface area contributed by atoms with Crippen LogP contribution in [0.25, 0.3) is 0 Å². The number of benzene rings is 1. The first-order valence-electron chi connectivity index (χ1n) is 5.62. The molecule has 0 saturated heterocycles. The highest BCUT2D eigenvalue weighted by atomic mass is 16.5. The van der Waals surface area contributed by atoms with E-state index in [1.54, 1.807) is 21.3 Å². The second kappa shape index (κ2) is 5.77. The third-order valence-corrected chi connectivity index (χ3v) is 2.74. The molecule has 17 heavy (non-hydrogen) atoms. The van der Waals surface area contributed by atoms with Gasteiger partial charge in [0, 0.05) is 17.7 Å². The van der Waals surface area contributed by atoms with Crippen molar-refractivity contribution >= 4 is 0 Å². The van der Waals surface area contributed by atoms with Crippen LogP contribution in [0.1, 0.15) is 30.9 Å². The summed E-state index contributed by atoms with van der Waals surface area (Å²) in [4.78, 5) is 0. The Balaban J connectivity index is 3.56. The summed E-state index contributed by atoms with van der Waals surface area (Å²) in [6, 6.07) is 1.91. The lowest BCUT2D eigenvalue weighted by Gasteiger charge is -2.21. The minimum absolute atomic E-state index is 0.278. The van der Waals surface area contributed by atoms with Gasteiger partial charge in [0.05, 0.1) is 21.3 Å². The molecular formula is C13H21NO3. The molecule has 0 bridgehead atoms. The molecule has 0 aliphatic rings. The van der Waals surface area contributed by atoms with Crippen molar-refractivity contribution in [3.8, 4) is 17.2 Å². The fourth-order valence-electron chi connectivity index (χ4n) is 1.98. The van der Waals surface area contributed by atoms with Gasteiger partial charge < -0.3 is 19.9 Å². The Bertz CT molecular complexity index is 389. The predicted octanol–water partition coefficient (Wildman–Crippen LogP) is 2.29. The van der Waals surface area contributed by atoms with Crippen molar-refractivity contribution in [3.05, 3.63) is 17.2 Å². The molecule has 4 heteroatoms. The van der Waals surface area contributed by atoms with E-state index >= 15 is 0 Å². The van der Waals surface area contributed by atoms with Gasteiger partial charge in [-0.15, -0.1) is 0 Å². The maximum Gasteiger partial charge on any atom is 0.168 e. The molecule has 0 radical (unpaired) electrons. The van der Waals surface area contributed by atoms with E-state index in [0.717, 1.165) is 16.9 Å². The van der Waals surface area contributed by atoms with Crippen molar-refractivity contribution in [2.45, 2.75) is 26.3 Å². The van der Waals surface area contributed by atoms with Gasteiger partial charge in [-0.05, 0) is 12.0 Å². The molecule has 0 atom stereocenters. The van der Waals surface area contributed by atoms with E-state index in [9.17, 15) is 0 Å². The maximum atomic E-state index is 5.71. The molecule has 0 fully saturated rings. The van der Waals surface area contributed by atoms with Crippen LogP contribution in [0, 0.1) is 0 Å². The van der Waals surface area contributed by atoms with E-state index in [1.165, 1.54) is 0 Å². The lowest BCUT2D eigenvalue weighted by atomic mass is 9.97. The van der Waals surface area contributed by atoms with E-state index in [1.807, 2.05) is 6.07 Å². The molecule has 0 unspecified atom stereocenters. The van der Waals surface area contributed by atoms with Gasteiger partial charge in [0.25, 0.3) is 0 Å². The predicted molar refractivity (Wildman–Crippen MR) is 68.1 cm³/mol. The molecule has 96 valence electrons. The minimum Gasteiger partial charge on any atom is -0.496 e. The Morgan fingerprint density at radius 2 is 1.65 bits per heavy atom. The number of ether oxygens (including phenoxy) is 3. The molecule has 0 aliphatic heterocycles. The van der Waals surface area contributed by atoms with Crippen LogP contribution < -0.4 is 19.9 Å². The average molecular weight is 239 g/mol. The summed E-state index contributed by atoms with van der Waals surface area (Å²) >= 11 is 0. The summed E-state index contributed by atoms with van der Waals surface area (Å²) in [6.45, 7) is 4.55. The second-order valence-electron chi connectivity index (χ2n) is 4.08. The topological polar surface area (TPSA) is 53.7 Å². The number of nitrogens with two attached hydrogens (primary N) is 1. The summed E-state index contributed by atoms with van der Waals surface area (Å²) in [6.07, 6.45) is 0. The largest absolute Gasteiger partial charge is 0.496 e. The quantitative estimate of drug-likeness (QED) is 0.856. The first-order valence-corrected chi connectivity index (χ1v) is 5.62. The molecule has 0 heterocycles. The van der Waals surface area contributed by atoms with Crippen molar-refractivity contribution < 1.29 is 14.2 Å². The Kier molecular flexibility index (Phi) is 4.63. The first-order chi connectivity index (χ1) is 8.10. The third-order valence-electron chi connectivity index (χ3n) is 2.74. The summed E-state index contributed by atoms with van der Waals surface area (Å²) in [7, 11) is 4.89. The monoisotopic (exact) mass is 239 g/mol. The van der Waals surface area contributed by atoms with Gasteiger partial charge >= 0.3 is 0 Å². The lowest BCUT2D eigenvalue weighted by molar-refractivity contribution is 0.338. The fourth-order valence-corrected chi connectivity index (χ4v) is 1.98. The van der Waals surface area contributed by atoms with E-state index in [-0.39, 0.29) is 5.92 Å². The molecule has 4 nitrogen and oxygen atoms in total. The van der Waals surface area contributed by atoms with Crippen molar-refractivity contribution in [2.24, 2.45) is 5.73 Å². The molecule has 1 rings (SSSR count). The van der Waals surface area contributed by atoms with Gasteiger partial charge in [0.15, 0.2) is 11.5 Å². The van der Waals surface area contributed by atoms with Gasteiger partial charge in [0.1, 0.15) is 5.75 Å². The summed E-state index contributed by atoms with van der Waals surface area (Å²) in [5.74, 6) is 2.47. The molecule has 0 aliphatic carbocycles. The zero-order chi connectivity index (χ0) is 13.0. The van der Waals surface area contributed by atoms with E-state index < -0.39 is 0 Å². The number of rotatable bonds is 5. The summed E-state index contributed by atoms with van der Waals surface area (Å²) in [5.41, 5.74) is 7.59. The van der Waals surface area contributed by atoms with E-state index in [4.69, 9.17) is 19.9 Å². The van der Waals surface area contributed by atoms with Crippen molar-refractivity contribution in [3.63, 3.8) is 0 Å². The highest BCUT2D eigenvalue weighted by molar-refractivity contribution is 5.59. The molecule has 1 aromatic carbocycles. The van der Waals surface area contributed by atoms with Crippen molar-refractivity contribution in [2.75, 3.05) is 21.3 Å². The van der Waals surface area contributed by atoms with Crippen LogP contribution in [0.2, 0.25) is 0 Å². The fraction of sp³-hybridized carbons (Fsp3) is 0.538. The average Bonchev–Trinajstić information content (AvgIpc) is 2.35. The second-order valence-corrected chi connectivity index (χ2v) is 4.08. The van der Waals surface area contributed by atoms with E-state index in [2.05, 4.69) is 13.8 Å². The number of hydrogen-bond donors (Lipinski definition) is 1. The van der Waals surface area contributed by atoms with Gasteiger partial charge in [0.2, 0.25) is 0 Å². The SMILES string of the molecule is COc1cc(CN)c(OC)c(OC)c1C(C)C. The number of methoxy groups -OCH3 is 3. The van der Waals surface area contributed by atoms with Crippen LogP contribution in [-0.4, -0.2) is 21.3 Å². The highest BCUT2D eigenvalue weighted by Gasteiger charge is 2.21. The molecule has 0 spiro atoms. The molecule has 0 aromatic heterocycles. The van der Waals surface area contributed by atoms with Crippen LogP contribution in [0.5, 0.6) is 17.2 Å². The molecule has 2 N–H and O–H groups in total. The maximum absolute atomic E-state index is 5.71. The normalized spacial score (nSPS) is 10.5. The third kappa shape index (κ3) is 2.47. The zero-order valence-electron chi connectivity index (χ0n) is 11.2. The van der Waals surface area contributed by atoms with Crippen LogP contribution in [0.4, 0.5) is 0 Å².